The third kappa shape index (κ3) is 3.01. The molecule has 0 saturated heterocycles. The summed E-state index contributed by atoms with van der Waals surface area (Å²) in [6.45, 7) is 9.03. The van der Waals surface area contributed by atoms with E-state index in [1.54, 1.807) is 27.7 Å². The molecule has 1 aromatic carbocycles. The van der Waals surface area contributed by atoms with Gasteiger partial charge in [0.15, 0.2) is 5.16 Å². The summed E-state index contributed by atoms with van der Waals surface area (Å²) in [5.41, 5.74) is 3.03. The van der Waals surface area contributed by atoms with Gasteiger partial charge in [-0.25, -0.2) is 8.97 Å². The van der Waals surface area contributed by atoms with E-state index < -0.39 is 0 Å². The molecule has 4 heterocycles. The Labute approximate surface area is 182 Å². The third-order valence-electron chi connectivity index (χ3n) is 5.62. The molecular formula is C22H24N4O2S2. The van der Waals surface area contributed by atoms with Crippen molar-refractivity contribution >= 4 is 39.1 Å². The first-order valence-corrected chi connectivity index (χ1v) is 12.1. The van der Waals surface area contributed by atoms with Crippen molar-refractivity contribution in [1.82, 2.24) is 19.2 Å². The molecule has 0 aliphatic carbocycles. The minimum Gasteiger partial charge on any atom is -0.372 e. The van der Waals surface area contributed by atoms with Gasteiger partial charge in [0, 0.05) is 11.3 Å². The fraction of sp³-hybridized carbons (Fsp3) is 0.409. The molecule has 3 aromatic heterocycles. The number of nitrogens with zero attached hydrogens (tertiary/aromatic N) is 4. The van der Waals surface area contributed by atoms with Gasteiger partial charge in [-0.2, -0.15) is 0 Å². The number of fused-ring (bicyclic) bond motifs is 5. The van der Waals surface area contributed by atoms with Crippen LogP contribution < -0.4 is 5.56 Å². The van der Waals surface area contributed by atoms with Gasteiger partial charge in [0.1, 0.15) is 4.83 Å². The van der Waals surface area contributed by atoms with E-state index in [9.17, 15) is 4.79 Å². The van der Waals surface area contributed by atoms with E-state index in [4.69, 9.17) is 4.74 Å². The zero-order valence-corrected chi connectivity index (χ0v) is 19.1. The first-order valence-electron chi connectivity index (χ1n) is 10.3. The summed E-state index contributed by atoms with van der Waals surface area (Å²) in [4.78, 5) is 15.9. The Bertz CT molecular complexity index is 1320. The first-order chi connectivity index (χ1) is 14.5. The topological polar surface area (TPSA) is 61.4 Å². The number of hydrogen-bond donors (Lipinski definition) is 0. The Hall–Kier alpha value is -2.16. The van der Waals surface area contributed by atoms with Crippen LogP contribution in [-0.2, 0) is 17.8 Å². The summed E-state index contributed by atoms with van der Waals surface area (Å²) in [5.74, 6) is 1.85. The molecule has 0 amide bonds. The third-order valence-corrected chi connectivity index (χ3v) is 7.62. The summed E-state index contributed by atoms with van der Waals surface area (Å²) in [5, 5.41) is 10.5. The Morgan fingerprint density at radius 2 is 2.17 bits per heavy atom. The van der Waals surface area contributed by atoms with Crippen molar-refractivity contribution in [2.24, 2.45) is 5.92 Å². The Kier molecular flexibility index (Phi) is 4.95. The lowest BCUT2D eigenvalue weighted by atomic mass is 9.96. The molecule has 156 valence electrons. The van der Waals surface area contributed by atoms with Crippen LogP contribution in [0.15, 0.2) is 34.2 Å². The second-order valence-electron chi connectivity index (χ2n) is 8.01. The van der Waals surface area contributed by atoms with Crippen molar-refractivity contribution in [1.29, 1.82) is 0 Å². The van der Waals surface area contributed by atoms with E-state index in [0.29, 0.717) is 18.3 Å². The summed E-state index contributed by atoms with van der Waals surface area (Å²) in [7, 11) is 0. The number of thiophene rings is 1. The monoisotopic (exact) mass is 440 g/mol. The van der Waals surface area contributed by atoms with Crippen molar-refractivity contribution in [3.05, 3.63) is 50.6 Å². The van der Waals surface area contributed by atoms with Gasteiger partial charge in [-0.1, -0.05) is 44.7 Å². The fourth-order valence-corrected chi connectivity index (χ4v) is 6.05. The van der Waals surface area contributed by atoms with Crippen LogP contribution in [0.1, 0.15) is 36.8 Å². The number of rotatable bonds is 4. The average Bonchev–Trinajstić information content (AvgIpc) is 3.29. The highest BCUT2D eigenvalue weighted by molar-refractivity contribution is 7.99. The molecule has 4 aromatic rings. The van der Waals surface area contributed by atoms with Crippen LogP contribution in [0.3, 0.4) is 0 Å². The summed E-state index contributed by atoms with van der Waals surface area (Å²) in [6, 6.07) is 7.98. The summed E-state index contributed by atoms with van der Waals surface area (Å²) < 4.78 is 9.87. The van der Waals surface area contributed by atoms with Gasteiger partial charge in [0.2, 0.25) is 5.78 Å². The molecule has 0 saturated carbocycles. The number of hydrogen-bond acceptors (Lipinski definition) is 6. The summed E-state index contributed by atoms with van der Waals surface area (Å²) in [6.07, 6.45) is 0.892. The maximum atomic E-state index is 13.9. The number of aromatic nitrogens is 4. The molecule has 6 nitrogen and oxygen atoms in total. The highest BCUT2D eigenvalue weighted by atomic mass is 32.2. The van der Waals surface area contributed by atoms with Crippen molar-refractivity contribution in [3.8, 4) is 5.69 Å². The van der Waals surface area contributed by atoms with Crippen molar-refractivity contribution in [2.75, 3.05) is 5.75 Å². The van der Waals surface area contributed by atoms with Gasteiger partial charge < -0.3 is 4.74 Å². The molecule has 1 aliphatic heterocycles. The van der Waals surface area contributed by atoms with E-state index in [-0.39, 0.29) is 11.7 Å². The molecular weight excluding hydrogens is 416 g/mol. The zero-order chi connectivity index (χ0) is 21.0. The van der Waals surface area contributed by atoms with Crippen molar-refractivity contribution in [3.63, 3.8) is 0 Å². The van der Waals surface area contributed by atoms with Crippen LogP contribution in [-0.4, -0.2) is 31.0 Å². The van der Waals surface area contributed by atoms with Crippen molar-refractivity contribution in [2.45, 2.75) is 52.0 Å². The molecule has 1 aliphatic rings. The zero-order valence-electron chi connectivity index (χ0n) is 17.5. The summed E-state index contributed by atoms with van der Waals surface area (Å²) >= 11 is 3.28. The molecule has 30 heavy (non-hydrogen) atoms. The van der Waals surface area contributed by atoms with Gasteiger partial charge in [0.05, 0.1) is 23.8 Å². The predicted octanol–water partition coefficient (Wildman–Crippen LogP) is 4.61. The largest absolute Gasteiger partial charge is 0.372 e. The minimum atomic E-state index is -0.0227. The number of thioether (sulfide) groups is 1. The van der Waals surface area contributed by atoms with E-state index in [0.717, 1.165) is 49.2 Å². The Balaban J connectivity index is 1.89. The van der Waals surface area contributed by atoms with Gasteiger partial charge in [-0.3, -0.25) is 4.79 Å². The molecule has 5 rings (SSSR count). The van der Waals surface area contributed by atoms with Crippen LogP contribution in [0.5, 0.6) is 0 Å². The van der Waals surface area contributed by atoms with Gasteiger partial charge >= 0.3 is 0 Å². The fourth-order valence-electron chi connectivity index (χ4n) is 4.09. The van der Waals surface area contributed by atoms with E-state index in [1.165, 1.54) is 0 Å². The number of ether oxygens (including phenoxy) is 1. The van der Waals surface area contributed by atoms with Crippen LogP contribution in [0.2, 0.25) is 0 Å². The van der Waals surface area contributed by atoms with Gasteiger partial charge in [-0.05, 0) is 41.9 Å². The predicted molar refractivity (Wildman–Crippen MR) is 122 cm³/mol. The second-order valence-corrected chi connectivity index (χ2v) is 10.3. The van der Waals surface area contributed by atoms with Gasteiger partial charge in [0.25, 0.3) is 5.56 Å². The SMILES string of the molecule is CCSc1nnc2n(-c3cccc(C)c3)c(=O)c3c4c(sc3n12)CO[C@H](C(C)C)C4. The lowest BCUT2D eigenvalue weighted by Gasteiger charge is -2.26. The average molecular weight is 441 g/mol. The first kappa shape index (κ1) is 19.8. The molecule has 0 N–H and O–H groups in total. The standard InChI is InChI=1S/C22H24N4O2S2/c1-5-29-22-24-23-21-25(14-8-6-7-13(4)9-14)19(27)18-15-10-16(12(2)3)28-11-17(15)30-20(18)26(21)22/h6-9,12,16H,5,10-11H2,1-4H3/t16-/m0/s1. The van der Waals surface area contributed by atoms with E-state index >= 15 is 0 Å². The lowest BCUT2D eigenvalue weighted by Crippen LogP contribution is -2.28. The smallest absolute Gasteiger partial charge is 0.268 e. The molecule has 0 unspecified atom stereocenters. The molecule has 0 bridgehead atoms. The van der Waals surface area contributed by atoms with Crippen LogP contribution in [0, 0.1) is 12.8 Å². The van der Waals surface area contributed by atoms with Crippen LogP contribution in [0.25, 0.3) is 21.7 Å². The second kappa shape index (κ2) is 7.51. The maximum absolute atomic E-state index is 13.9. The highest BCUT2D eigenvalue weighted by Crippen LogP contribution is 2.37. The number of benzene rings is 1. The van der Waals surface area contributed by atoms with Crippen LogP contribution >= 0.6 is 23.1 Å². The Morgan fingerprint density at radius 3 is 2.90 bits per heavy atom. The normalized spacial score (nSPS) is 16.6. The van der Waals surface area contributed by atoms with E-state index in [1.807, 2.05) is 31.2 Å². The van der Waals surface area contributed by atoms with Gasteiger partial charge in [-0.15, -0.1) is 21.5 Å². The number of aryl methyl sites for hydroxylation is 1. The quantitative estimate of drug-likeness (QED) is 0.434. The van der Waals surface area contributed by atoms with Crippen LogP contribution in [0.4, 0.5) is 0 Å². The maximum Gasteiger partial charge on any atom is 0.268 e. The minimum absolute atomic E-state index is 0.0227. The lowest BCUT2D eigenvalue weighted by molar-refractivity contribution is 0.00200. The Morgan fingerprint density at radius 1 is 1.33 bits per heavy atom. The molecule has 0 radical (unpaired) electrons. The molecule has 8 heteroatoms. The molecule has 0 spiro atoms. The van der Waals surface area contributed by atoms with Crippen molar-refractivity contribution < 1.29 is 4.74 Å². The molecule has 1 atom stereocenters. The molecule has 0 fully saturated rings. The highest BCUT2D eigenvalue weighted by Gasteiger charge is 2.30. The van der Waals surface area contributed by atoms with E-state index in [2.05, 4.69) is 35.4 Å².